The monoisotopic (exact) mass is 331 g/mol. The first-order chi connectivity index (χ1) is 11.1. The summed E-state index contributed by atoms with van der Waals surface area (Å²) in [6, 6.07) is 16.5. The molecule has 0 aliphatic heterocycles. The van der Waals surface area contributed by atoms with Gasteiger partial charge >= 0.3 is 5.97 Å². The molecule has 23 heavy (non-hydrogen) atoms. The minimum absolute atomic E-state index is 0.227. The molecule has 0 spiro atoms. The second kappa shape index (κ2) is 8.34. The number of esters is 1. The molecular formula is C18H18ClNO3. The molecule has 0 aromatic heterocycles. The van der Waals surface area contributed by atoms with E-state index in [0.29, 0.717) is 12.1 Å². The summed E-state index contributed by atoms with van der Waals surface area (Å²) < 4.78 is 5.29. The van der Waals surface area contributed by atoms with Crippen LogP contribution in [0.1, 0.15) is 28.4 Å². The van der Waals surface area contributed by atoms with Gasteiger partial charge < -0.3 is 10.1 Å². The van der Waals surface area contributed by atoms with Crippen molar-refractivity contribution in [2.24, 2.45) is 0 Å². The zero-order valence-electron chi connectivity index (χ0n) is 12.8. The van der Waals surface area contributed by atoms with Crippen LogP contribution in [-0.4, -0.2) is 17.3 Å². The lowest BCUT2D eigenvalue weighted by Gasteiger charge is -2.09. The Kier molecular flexibility index (Phi) is 6.18. The number of alkyl halides is 1. The lowest BCUT2D eigenvalue weighted by Crippen LogP contribution is -2.29. The minimum atomic E-state index is -0.589. The highest BCUT2D eigenvalue weighted by molar-refractivity contribution is 6.30. The normalized spacial score (nSPS) is 11.6. The molecule has 2 aromatic rings. The van der Waals surface area contributed by atoms with Crippen LogP contribution in [0.25, 0.3) is 0 Å². The predicted octanol–water partition coefficient (Wildman–Crippen LogP) is 3.29. The van der Waals surface area contributed by atoms with Crippen LogP contribution in [0.5, 0.6) is 0 Å². The SMILES string of the molecule is CC(Cl)C(=O)NCc1cccc(C(=O)OCc2ccccc2)c1. The molecule has 0 fully saturated rings. The lowest BCUT2D eigenvalue weighted by molar-refractivity contribution is -0.120. The third-order valence-electron chi connectivity index (χ3n) is 3.20. The van der Waals surface area contributed by atoms with Gasteiger partial charge in [0.25, 0.3) is 0 Å². The van der Waals surface area contributed by atoms with E-state index in [-0.39, 0.29) is 12.5 Å². The van der Waals surface area contributed by atoms with Crippen LogP contribution in [0.15, 0.2) is 54.6 Å². The molecule has 0 aliphatic carbocycles. The van der Waals surface area contributed by atoms with Crippen LogP contribution in [-0.2, 0) is 22.7 Å². The van der Waals surface area contributed by atoms with Crippen molar-refractivity contribution in [2.75, 3.05) is 0 Å². The highest BCUT2D eigenvalue weighted by atomic mass is 35.5. The van der Waals surface area contributed by atoms with Gasteiger partial charge in [-0.25, -0.2) is 4.79 Å². The molecule has 120 valence electrons. The molecule has 0 radical (unpaired) electrons. The molecule has 0 bridgehead atoms. The number of halogens is 1. The highest BCUT2D eigenvalue weighted by Crippen LogP contribution is 2.09. The molecule has 0 aliphatic rings. The number of nitrogens with one attached hydrogen (secondary N) is 1. The molecule has 5 heteroatoms. The summed E-state index contributed by atoms with van der Waals surface area (Å²) >= 11 is 5.69. The fourth-order valence-corrected chi connectivity index (χ4v) is 2.02. The number of hydrogen-bond acceptors (Lipinski definition) is 3. The molecule has 0 saturated carbocycles. The zero-order valence-corrected chi connectivity index (χ0v) is 13.5. The van der Waals surface area contributed by atoms with E-state index in [1.165, 1.54) is 0 Å². The Balaban J connectivity index is 1.93. The largest absolute Gasteiger partial charge is 0.457 e. The van der Waals surface area contributed by atoms with Crippen molar-refractivity contribution >= 4 is 23.5 Å². The van der Waals surface area contributed by atoms with Gasteiger partial charge in [0, 0.05) is 6.54 Å². The fraction of sp³-hybridized carbons (Fsp3) is 0.222. The predicted molar refractivity (Wildman–Crippen MR) is 89.2 cm³/mol. The van der Waals surface area contributed by atoms with E-state index in [1.807, 2.05) is 36.4 Å². The average Bonchev–Trinajstić information content (AvgIpc) is 2.58. The van der Waals surface area contributed by atoms with E-state index in [1.54, 1.807) is 25.1 Å². The van der Waals surface area contributed by atoms with Gasteiger partial charge in [-0.05, 0) is 30.2 Å². The van der Waals surface area contributed by atoms with Gasteiger partial charge in [0.15, 0.2) is 0 Å². The Labute approximate surface area is 140 Å². The molecule has 0 saturated heterocycles. The first-order valence-electron chi connectivity index (χ1n) is 7.28. The van der Waals surface area contributed by atoms with Crippen LogP contribution in [0, 0.1) is 0 Å². The van der Waals surface area contributed by atoms with E-state index < -0.39 is 11.3 Å². The number of carbonyl (C=O) groups is 2. The number of carbonyl (C=O) groups excluding carboxylic acids is 2. The summed E-state index contributed by atoms with van der Waals surface area (Å²) in [5.41, 5.74) is 2.19. The van der Waals surface area contributed by atoms with Crippen LogP contribution in [0.3, 0.4) is 0 Å². The van der Waals surface area contributed by atoms with E-state index in [9.17, 15) is 9.59 Å². The average molecular weight is 332 g/mol. The summed E-state index contributed by atoms with van der Waals surface area (Å²) in [6.45, 7) is 2.15. The van der Waals surface area contributed by atoms with Gasteiger partial charge in [0.2, 0.25) is 5.91 Å². The molecular weight excluding hydrogens is 314 g/mol. The van der Waals surface area contributed by atoms with Crippen LogP contribution >= 0.6 is 11.6 Å². The van der Waals surface area contributed by atoms with Crippen LogP contribution in [0.4, 0.5) is 0 Å². The second-order valence-corrected chi connectivity index (χ2v) is 5.75. The number of rotatable bonds is 6. The lowest BCUT2D eigenvalue weighted by atomic mass is 10.1. The topological polar surface area (TPSA) is 55.4 Å². The first-order valence-corrected chi connectivity index (χ1v) is 7.71. The van der Waals surface area contributed by atoms with Crippen molar-refractivity contribution in [3.8, 4) is 0 Å². The number of hydrogen-bond donors (Lipinski definition) is 1. The van der Waals surface area contributed by atoms with Crippen LogP contribution < -0.4 is 5.32 Å². The highest BCUT2D eigenvalue weighted by Gasteiger charge is 2.10. The standard InChI is InChI=1S/C18H18ClNO3/c1-13(19)17(21)20-11-15-8-5-9-16(10-15)18(22)23-12-14-6-3-2-4-7-14/h2-10,13H,11-12H2,1H3,(H,20,21). The smallest absolute Gasteiger partial charge is 0.338 e. The van der Waals surface area contributed by atoms with E-state index >= 15 is 0 Å². The van der Waals surface area contributed by atoms with Crippen molar-refractivity contribution in [3.63, 3.8) is 0 Å². The Bertz CT molecular complexity index is 671. The second-order valence-electron chi connectivity index (χ2n) is 5.10. The zero-order chi connectivity index (χ0) is 16.7. The van der Waals surface area contributed by atoms with Gasteiger partial charge in [-0.1, -0.05) is 42.5 Å². The van der Waals surface area contributed by atoms with Gasteiger partial charge in [-0.3, -0.25) is 4.79 Å². The Morgan fingerprint density at radius 1 is 1.09 bits per heavy atom. The van der Waals surface area contributed by atoms with Crippen molar-refractivity contribution in [3.05, 3.63) is 71.3 Å². The summed E-state index contributed by atoms with van der Waals surface area (Å²) in [5.74, 6) is -0.642. The maximum atomic E-state index is 12.1. The molecule has 0 heterocycles. The van der Waals surface area contributed by atoms with E-state index in [0.717, 1.165) is 11.1 Å². The Morgan fingerprint density at radius 2 is 1.78 bits per heavy atom. The minimum Gasteiger partial charge on any atom is -0.457 e. The molecule has 1 amide bonds. The third-order valence-corrected chi connectivity index (χ3v) is 3.40. The maximum absolute atomic E-state index is 12.1. The van der Waals surface area contributed by atoms with Crippen LogP contribution in [0.2, 0.25) is 0 Å². The fourth-order valence-electron chi connectivity index (χ4n) is 1.94. The van der Waals surface area contributed by atoms with Crippen molar-refractivity contribution in [1.29, 1.82) is 0 Å². The van der Waals surface area contributed by atoms with Gasteiger partial charge in [0.1, 0.15) is 12.0 Å². The summed E-state index contributed by atoms with van der Waals surface area (Å²) in [5, 5.41) is 2.11. The van der Waals surface area contributed by atoms with Gasteiger partial charge in [-0.2, -0.15) is 0 Å². The van der Waals surface area contributed by atoms with Gasteiger partial charge in [0.05, 0.1) is 5.56 Å². The summed E-state index contributed by atoms with van der Waals surface area (Å²) in [6.07, 6.45) is 0. The Morgan fingerprint density at radius 3 is 2.48 bits per heavy atom. The summed E-state index contributed by atoms with van der Waals surface area (Å²) in [7, 11) is 0. The first kappa shape index (κ1) is 17.0. The van der Waals surface area contributed by atoms with Crippen molar-refractivity contribution in [2.45, 2.75) is 25.5 Å². The van der Waals surface area contributed by atoms with E-state index in [4.69, 9.17) is 16.3 Å². The number of benzene rings is 2. The summed E-state index contributed by atoms with van der Waals surface area (Å²) in [4.78, 5) is 23.5. The third kappa shape index (κ3) is 5.42. The molecule has 1 atom stereocenters. The van der Waals surface area contributed by atoms with E-state index in [2.05, 4.69) is 5.32 Å². The molecule has 1 N–H and O–H groups in total. The Hall–Kier alpha value is -2.33. The molecule has 4 nitrogen and oxygen atoms in total. The molecule has 2 rings (SSSR count). The number of amides is 1. The van der Waals surface area contributed by atoms with Crippen molar-refractivity contribution < 1.29 is 14.3 Å². The molecule has 2 aromatic carbocycles. The molecule has 1 unspecified atom stereocenters. The quantitative estimate of drug-likeness (QED) is 0.653. The van der Waals surface area contributed by atoms with Gasteiger partial charge in [-0.15, -0.1) is 11.6 Å². The maximum Gasteiger partial charge on any atom is 0.338 e. The van der Waals surface area contributed by atoms with Crippen molar-refractivity contribution in [1.82, 2.24) is 5.32 Å². The number of ether oxygens (including phenoxy) is 1.